The Morgan fingerprint density at radius 3 is 3.11 bits per heavy atom. The highest BCUT2D eigenvalue weighted by Gasteiger charge is 2.22. The Labute approximate surface area is 132 Å². The van der Waals surface area contributed by atoms with E-state index in [1.54, 1.807) is 4.88 Å². The lowest BCUT2D eigenvalue weighted by atomic mass is 9.94. The molecule has 1 N–H and O–H groups in total. The van der Waals surface area contributed by atoms with Crippen LogP contribution in [0.3, 0.4) is 0 Å². The monoisotopic (exact) mass is 383 g/mol. The van der Waals surface area contributed by atoms with Crippen LogP contribution < -0.4 is 5.32 Å². The molecule has 1 aliphatic carbocycles. The first-order valence-electron chi connectivity index (χ1n) is 6.90. The highest BCUT2D eigenvalue weighted by Crippen LogP contribution is 2.38. The van der Waals surface area contributed by atoms with Gasteiger partial charge in [-0.15, -0.1) is 11.3 Å². The summed E-state index contributed by atoms with van der Waals surface area (Å²) >= 11 is 4.40. The highest BCUT2D eigenvalue weighted by molar-refractivity contribution is 14.1. The third-order valence-electron chi connectivity index (χ3n) is 3.76. The zero-order chi connectivity index (χ0) is 13.2. The topological polar surface area (TPSA) is 12.0 Å². The number of nitrogens with one attached hydrogen (secondary N) is 1. The summed E-state index contributed by atoms with van der Waals surface area (Å²) in [6, 6.07) is 11.7. The molecule has 1 aromatic carbocycles. The lowest BCUT2D eigenvalue weighted by Crippen LogP contribution is -2.15. The molecule has 1 heterocycles. The molecule has 0 fully saturated rings. The minimum Gasteiger partial charge on any atom is -0.378 e. The van der Waals surface area contributed by atoms with Crippen LogP contribution in [0.4, 0.5) is 5.69 Å². The van der Waals surface area contributed by atoms with Gasteiger partial charge in [-0.05, 0) is 77.6 Å². The third-order valence-corrected chi connectivity index (χ3v) is 5.73. The fraction of sp³-hybridized carbons (Fsp3) is 0.375. The summed E-state index contributed by atoms with van der Waals surface area (Å²) in [4.78, 5) is 1.58. The first-order chi connectivity index (χ1) is 9.26. The van der Waals surface area contributed by atoms with Crippen LogP contribution in [0.2, 0.25) is 0 Å². The summed E-state index contributed by atoms with van der Waals surface area (Å²) in [5.41, 5.74) is 4.20. The van der Waals surface area contributed by atoms with Gasteiger partial charge in [-0.1, -0.05) is 19.1 Å². The predicted octanol–water partition coefficient (Wildman–Crippen LogP) is 5.40. The van der Waals surface area contributed by atoms with Gasteiger partial charge >= 0.3 is 0 Å². The molecule has 100 valence electrons. The molecule has 1 unspecified atom stereocenters. The normalized spacial score (nSPS) is 18.1. The van der Waals surface area contributed by atoms with E-state index in [0.717, 1.165) is 6.42 Å². The molecule has 0 amide bonds. The molecule has 19 heavy (non-hydrogen) atoms. The van der Waals surface area contributed by atoms with Crippen molar-refractivity contribution in [3.8, 4) is 0 Å². The summed E-state index contributed by atoms with van der Waals surface area (Å²) in [6.45, 7) is 2.21. The number of hydrogen-bond donors (Lipinski definition) is 1. The summed E-state index contributed by atoms with van der Waals surface area (Å²) in [6.07, 6.45) is 4.91. The van der Waals surface area contributed by atoms with Gasteiger partial charge in [0, 0.05) is 10.6 Å². The molecule has 1 nitrogen and oxygen atoms in total. The summed E-state index contributed by atoms with van der Waals surface area (Å²) in [7, 11) is 0. The molecule has 0 aliphatic heterocycles. The van der Waals surface area contributed by atoms with Crippen LogP contribution in [0.1, 0.15) is 41.8 Å². The van der Waals surface area contributed by atoms with Crippen molar-refractivity contribution in [1.29, 1.82) is 0 Å². The Balaban J connectivity index is 1.83. The largest absolute Gasteiger partial charge is 0.378 e. The first kappa shape index (κ1) is 13.4. The summed E-state index contributed by atoms with van der Waals surface area (Å²) < 4.78 is 1.42. The van der Waals surface area contributed by atoms with E-state index < -0.39 is 0 Å². The highest BCUT2D eigenvalue weighted by atomic mass is 127. The molecule has 0 saturated heterocycles. The summed E-state index contributed by atoms with van der Waals surface area (Å²) in [5, 5.41) is 3.73. The van der Waals surface area contributed by atoms with Crippen LogP contribution in [0.15, 0.2) is 30.3 Å². The van der Waals surface area contributed by atoms with E-state index in [9.17, 15) is 0 Å². The van der Waals surface area contributed by atoms with Crippen molar-refractivity contribution in [2.24, 2.45) is 0 Å². The Bertz CT molecular complexity index is 576. The number of benzene rings is 1. The van der Waals surface area contributed by atoms with Gasteiger partial charge in [-0.2, -0.15) is 0 Å². The number of anilines is 1. The van der Waals surface area contributed by atoms with Crippen molar-refractivity contribution in [2.45, 2.75) is 38.6 Å². The van der Waals surface area contributed by atoms with E-state index >= 15 is 0 Å². The second kappa shape index (κ2) is 5.83. The van der Waals surface area contributed by atoms with Crippen LogP contribution >= 0.6 is 33.9 Å². The van der Waals surface area contributed by atoms with Crippen molar-refractivity contribution in [1.82, 2.24) is 0 Å². The van der Waals surface area contributed by atoms with E-state index in [-0.39, 0.29) is 0 Å². The van der Waals surface area contributed by atoms with Crippen molar-refractivity contribution in [3.63, 3.8) is 0 Å². The van der Waals surface area contributed by atoms with Gasteiger partial charge in [-0.25, -0.2) is 0 Å². The maximum Gasteiger partial charge on any atom is 0.0660 e. The minimum atomic E-state index is 0.496. The Kier molecular flexibility index (Phi) is 4.12. The average molecular weight is 383 g/mol. The standard InChI is InChI=1S/C16H18INS/c1-2-11-5-3-6-12(9-11)18-14-7-4-8-15-13(14)10-16(17)19-15/h3,5-6,9-10,14,18H,2,4,7-8H2,1H3. The van der Waals surface area contributed by atoms with Crippen LogP contribution in [0, 0.1) is 2.88 Å². The number of thiophene rings is 1. The van der Waals surface area contributed by atoms with Gasteiger partial charge in [0.05, 0.1) is 8.93 Å². The van der Waals surface area contributed by atoms with Gasteiger partial charge in [0.1, 0.15) is 0 Å². The van der Waals surface area contributed by atoms with Gasteiger partial charge in [0.2, 0.25) is 0 Å². The maximum absolute atomic E-state index is 3.73. The van der Waals surface area contributed by atoms with Crippen LogP contribution in [-0.4, -0.2) is 0 Å². The van der Waals surface area contributed by atoms with Gasteiger partial charge in [0.15, 0.2) is 0 Å². The zero-order valence-corrected chi connectivity index (χ0v) is 14.1. The fourth-order valence-electron chi connectivity index (χ4n) is 2.75. The fourth-order valence-corrected chi connectivity index (χ4v) is 4.87. The van der Waals surface area contributed by atoms with E-state index in [1.807, 2.05) is 11.3 Å². The Morgan fingerprint density at radius 2 is 2.26 bits per heavy atom. The lowest BCUT2D eigenvalue weighted by molar-refractivity contribution is 0.608. The second-order valence-electron chi connectivity index (χ2n) is 5.07. The van der Waals surface area contributed by atoms with Crippen LogP contribution in [-0.2, 0) is 12.8 Å². The molecule has 3 heteroatoms. The molecule has 0 spiro atoms. The molecule has 0 saturated carbocycles. The zero-order valence-electron chi connectivity index (χ0n) is 11.1. The molecule has 1 atom stereocenters. The van der Waals surface area contributed by atoms with E-state index in [0.29, 0.717) is 6.04 Å². The second-order valence-corrected chi connectivity index (χ2v) is 8.10. The van der Waals surface area contributed by atoms with Crippen molar-refractivity contribution in [3.05, 3.63) is 49.2 Å². The number of halogens is 1. The molecular weight excluding hydrogens is 365 g/mol. The first-order valence-corrected chi connectivity index (χ1v) is 8.79. The van der Waals surface area contributed by atoms with Crippen molar-refractivity contribution >= 4 is 39.6 Å². The molecule has 2 aromatic rings. The summed E-state index contributed by atoms with van der Waals surface area (Å²) in [5.74, 6) is 0. The smallest absolute Gasteiger partial charge is 0.0660 e. The van der Waals surface area contributed by atoms with Crippen molar-refractivity contribution < 1.29 is 0 Å². The molecule has 3 rings (SSSR count). The molecule has 1 aliphatic rings. The van der Waals surface area contributed by atoms with E-state index in [1.165, 1.54) is 39.0 Å². The van der Waals surface area contributed by atoms with Crippen LogP contribution in [0.25, 0.3) is 0 Å². The van der Waals surface area contributed by atoms with Crippen molar-refractivity contribution in [2.75, 3.05) is 5.32 Å². The minimum absolute atomic E-state index is 0.496. The molecule has 1 aromatic heterocycles. The van der Waals surface area contributed by atoms with Gasteiger partial charge in [-0.3, -0.25) is 0 Å². The quantitative estimate of drug-likeness (QED) is 0.700. The molecule has 0 bridgehead atoms. The SMILES string of the molecule is CCc1cccc(NC2CCCc3sc(I)cc32)c1. The number of rotatable bonds is 3. The predicted molar refractivity (Wildman–Crippen MR) is 92.2 cm³/mol. The number of fused-ring (bicyclic) bond motifs is 1. The lowest BCUT2D eigenvalue weighted by Gasteiger charge is -2.24. The average Bonchev–Trinajstić information content (AvgIpc) is 2.80. The van der Waals surface area contributed by atoms with Gasteiger partial charge in [0.25, 0.3) is 0 Å². The third kappa shape index (κ3) is 2.97. The maximum atomic E-state index is 3.73. The Morgan fingerprint density at radius 1 is 1.37 bits per heavy atom. The number of aryl methyl sites for hydroxylation is 2. The van der Waals surface area contributed by atoms with E-state index in [4.69, 9.17) is 0 Å². The van der Waals surface area contributed by atoms with E-state index in [2.05, 4.69) is 65.2 Å². The van der Waals surface area contributed by atoms with Gasteiger partial charge < -0.3 is 5.32 Å². The molecular formula is C16H18INS. The molecule has 0 radical (unpaired) electrons. The Hall–Kier alpha value is -0.550. The number of hydrogen-bond acceptors (Lipinski definition) is 2. The van der Waals surface area contributed by atoms with Crippen LogP contribution in [0.5, 0.6) is 0 Å².